The van der Waals surface area contributed by atoms with E-state index in [-0.39, 0.29) is 11.5 Å². The molecule has 1 aromatic carbocycles. The van der Waals surface area contributed by atoms with E-state index >= 15 is 0 Å². The Morgan fingerprint density at radius 3 is 2.81 bits per heavy atom. The van der Waals surface area contributed by atoms with E-state index in [2.05, 4.69) is 21.4 Å². The summed E-state index contributed by atoms with van der Waals surface area (Å²) in [5, 5.41) is 3.93. The van der Waals surface area contributed by atoms with Crippen LogP contribution in [0.25, 0.3) is 10.9 Å². The molecule has 0 aliphatic heterocycles. The van der Waals surface area contributed by atoms with Gasteiger partial charge in [0, 0.05) is 30.9 Å². The average molecular weight is 363 g/mol. The fraction of sp³-hybridized carbons (Fsp3) is 0.318. The molecule has 0 radical (unpaired) electrons. The molecule has 2 N–H and O–H groups in total. The maximum atomic E-state index is 12.3. The first-order valence-corrected chi connectivity index (χ1v) is 9.32. The summed E-state index contributed by atoms with van der Waals surface area (Å²) in [6, 6.07) is 9.92. The second kappa shape index (κ2) is 8.62. The van der Waals surface area contributed by atoms with E-state index < -0.39 is 0 Å². The minimum atomic E-state index is -0.0815. The summed E-state index contributed by atoms with van der Waals surface area (Å²) in [6.07, 6.45) is 6.19. The van der Waals surface area contributed by atoms with Crippen LogP contribution in [0.2, 0.25) is 0 Å². The first-order chi connectivity index (χ1) is 13.0. The molecule has 3 rings (SSSR count). The number of pyridine rings is 2. The van der Waals surface area contributed by atoms with Crippen molar-refractivity contribution in [3.05, 3.63) is 75.3 Å². The number of hydrogen-bond acceptors (Lipinski definition) is 3. The van der Waals surface area contributed by atoms with Crippen LogP contribution in [0.15, 0.2) is 47.5 Å². The van der Waals surface area contributed by atoms with Crippen LogP contribution >= 0.6 is 0 Å². The molecule has 2 aromatic heterocycles. The molecule has 0 saturated heterocycles. The van der Waals surface area contributed by atoms with Crippen LogP contribution in [0.5, 0.6) is 0 Å². The minimum absolute atomic E-state index is 0.0163. The maximum Gasteiger partial charge on any atom is 0.251 e. The second-order valence-electron chi connectivity index (χ2n) is 6.91. The molecule has 27 heavy (non-hydrogen) atoms. The van der Waals surface area contributed by atoms with E-state index in [1.54, 1.807) is 6.20 Å². The lowest BCUT2D eigenvalue weighted by Crippen LogP contribution is -2.27. The Morgan fingerprint density at radius 2 is 2.04 bits per heavy atom. The average Bonchev–Trinajstić information content (AvgIpc) is 2.67. The van der Waals surface area contributed by atoms with Gasteiger partial charge < -0.3 is 10.3 Å². The second-order valence-corrected chi connectivity index (χ2v) is 6.91. The van der Waals surface area contributed by atoms with Gasteiger partial charge in [-0.15, -0.1) is 0 Å². The molecule has 0 saturated carbocycles. The van der Waals surface area contributed by atoms with Crippen molar-refractivity contribution in [1.82, 2.24) is 15.3 Å². The third-order valence-electron chi connectivity index (χ3n) is 4.94. The summed E-state index contributed by atoms with van der Waals surface area (Å²) < 4.78 is 0. The number of aromatic nitrogens is 2. The zero-order valence-corrected chi connectivity index (χ0v) is 15.8. The number of hydrogen-bond donors (Lipinski definition) is 2. The van der Waals surface area contributed by atoms with Gasteiger partial charge in [-0.1, -0.05) is 18.2 Å². The highest BCUT2D eigenvalue weighted by Crippen LogP contribution is 2.18. The number of benzene rings is 1. The van der Waals surface area contributed by atoms with Crippen LogP contribution in [-0.2, 0) is 17.6 Å². The number of nitrogens with one attached hydrogen (secondary N) is 2. The molecule has 1 amide bonds. The Kier molecular flexibility index (Phi) is 6.01. The predicted octanol–water partition coefficient (Wildman–Crippen LogP) is 3.22. The Morgan fingerprint density at radius 1 is 1.19 bits per heavy atom. The van der Waals surface area contributed by atoms with E-state index in [1.807, 2.05) is 44.3 Å². The number of H-pyrrole nitrogens is 1. The van der Waals surface area contributed by atoms with Gasteiger partial charge in [-0.05, 0) is 67.3 Å². The quantitative estimate of drug-likeness (QED) is 0.677. The molecule has 2 heterocycles. The highest BCUT2D eigenvalue weighted by Gasteiger charge is 2.07. The van der Waals surface area contributed by atoms with E-state index in [1.165, 1.54) is 0 Å². The van der Waals surface area contributed by atoms with E-state index in [9.17, 15) is 9.59 Å². The zero-order chi connectivity index (χ0) is 19.2. The van der Waals surface area contributed by atoms with Crippen molar-refractivity contribution in [2.75, 3.05) is 6.54 Å². The number of carbonyl (C=O) groups is 1. The van der Waals surface area contributed by atoms with Gasteiger partial charge in [-0.3, -0.25) is 14.6 Å². The topological polar surface area (TPSA) is 74.8 Å². The largest absolute Gasteiger partial charge is 0.356 e. The molecule has 3 aromatic rings. The van der Waals surface area contributed by atoms with Crippen LogP contribution in [0, 0.1) is 13.8 Å². The van der Waals surface area contributed by atoms with E-state index in [4.69, 9.17) is 0 Å². The van der Waals surface area contributed by atoms with Gasteiger partial charge in [-0.2, -0.15) is 0 Å². The summed E-state index contributed by atoms with van der Waals surface area (Å²) in [6.45, 7) is 4.51. The fourth-order valence-electron chi connectivity index (χ4n) is 3.18. The number of nitrogens with zero attached hydrogens (tertiary/aromatic N) is 1. The van der Waals surface area contributed by atoms with Crippen LogP contribution < -0.4 is 10.9 Å². The van der Waals surface area contributed by atoms with Gasteiger partial charge in [0.1, 0.15) is 0 Å². The van der Waals surface area contributed by atoms with Crippen molar-refractivity contribution < 1.29 is 4.79 Å². The van der Waals surface area contributed by atoms with Gasteiger partial charge in [0.15, 0.2) is 0 Å². The molecular formula is C22H25N3O2. The molecule has 0 atom stereocenters. The summed E-state index contributed by atoms with van der Waals surface area (Å²) in [7, 11) is 0. The summed E-state index contributed by atoms with van der Waals surface area (Å²) in [4.78, 5) is 31.4. The molecule has 0 spiro atoms. The summed E-state index contributed by atoms with van der Waals surface area (Å²) in [5.74, 6) is 0.0163. The smallest absolute Gasteiger partial charge is 0.251 e. The maximum absolute atomic E-state index is 12.3. The fourth-order valence-corrected chi connectivity index (χ4v) is 3.18. The van der Waals surface area contributed by atoms with Gasteiger partial charge in [0.05, 0.1) is 5.52 Å². The Hall–Kier alpha value is -2.95. The first-order valence-electron chi connectivity index (χ1n) is 9.32. The van der Waals surface area contributed by atoms with Gasteiger partial charge in [0.2, 0.25) is 5.91 Å². The highest BCUT2D eigenvalue weighted by molar-refractivity contribution is 5.83. The number of amides is 1. The molecule has 5 nitrogen and oxygen atoms in total. The molecule has 0 fully saturated rings. The van der Waals surface area contributed by atoms with Gasteiger partial charge in [0.25, 0.3) is 5.56 Å². The number of aromatic amines is 1. The predicted molar refractivity (Wildman–Crippen MR) is 108 cm³/mol. The van der Waals surface area contributed by atoms with Crippen molar-refractivity contribution in [3.8, 4) is 0 Å². The van der Waals surface area contributed by atoms with Crippen molar-refractivity contribution >= 4 is 16.8 Å². The van der Waals surface area contributed by atoms with Crippen molar-refractivity contribution in [3.63, 3.8) is 0 Å². The van der Waals surface area contributed by atoms with Crippen LogP contribution in [0.3, 0.4) is 0 Å². The Bertz CT molecular complexity index is 994. The Balaban J connectivity index is 1.51. The number of carbonyl (C=O) groups excluding carboxylic acids is 1. The van der Waals surface area contributed by atoms with Crippen LogP contribution in [0.4, 0.5) is 0 Å². The van der Waals surface area contributed by atoms with E-state index in [0.717, 1.165) is 40.4 Å². The Labute approximate surface area is 158 Å². The van der Waals surface area contributed by atoms with Gasteiger partial charge in [-0.25, -0.2) is 0 Å². The van der Waals surface area contributed by atoms with E-state index in [0.29, 0.717) is 24.9 Å². The zero-order valence-electron chi connectivity index (χ0n) is 15.8. The molecule has 0 aliphatic rings. The SMILES string of the molecule is Cc1ccc2cc(CCNC(=O)CCCc3cccnc3)c(=O)[nH]c2c1C. The van der Waals surface area contributed by atoms with Crippen LogP contribution in [0.1, 0.15) is 35.1 Å². The van der Waals surface area contributed by atoms with Crippen molar-refractivity contribution in [2.45, 2.75) is 39.5 Å². The van der Waals surface area contributed by atoms with Crippen LogP contribution in [-0.4, -0.2) is 22.4 Å². The minimum Gasteiger partial charge on any atom is -0.356 e. The van der Waals surface area contributed by atoms with Crippen molar-refractivity contribution in [1.29, 1.82) is 0 Å². The first kappa shape index (κ1) is 18.8. The standard InChI is InChI=1S/C22H25N3O2/c1-15-8-9-18-13-19(22(27)25-21(18)16(15)2)10-12-24-20(26)7-3-5-17-6-4-11-23-14-17/h4,6,8-9,11,13-14H,3,5,7,10,12H2,1-2H3,(H,24,26)(H,25,27). The molecule has 0 bridgehead atoms. The lowest BCUT2D eigenvalue weighted by molar-refractivity contribution is -0.121. The molecule has 0 unspecified atom stereocenters. The summed E-state index contributed by atoms with van der Waals surface area (Å²) >= 11 is 0. The molecule has 5 heteroatoms. The number of fused-ring (bicyclic) bond motifs is 1. The number of aryl methyl sites for hydroxylation is 3. The monoisotopic (exact) mass is 363 g/mol. The van der Waals surface area contributed by atoms with Crippen molar-refractivity contribution in [2.24, 2.45) is 0 Å². The third kappa shape index (κ3) is 4.82. The molecule has 140 valence electrons. The third-order valence-corrected chi connectivity index (χ3v) is 4.94. The normalized spacial score (nSPS) is 10.9. The molecular weight excluding hydrogens is 338 g/mol. The molecule has 0 aliphatic carbocycles. The lowest BCUT2D eigenvalue weighted by Gasteiger charge is -2.09. The van der Waals surface area contributed by atoms with Gasteiger partial charge >= 0.3 is 0 Å². The summed E-state index contributed by atoms with van der Waals surface area (Å²) in [5.41, 5.74) is 4.90. The highest BCUT2D eigenvalue weighted by atomic mass is 16.1. The number of rotatable bonds is 7. The lowest BCUT2D eigenvalue weighted by atomic mass is 10.0.